The van der Waals surface area contributed by atoms with E-state index in [9.17, 15) is 4.79 Å². The average molecular weight is 428 g/mol. The lowest BCUT2D eigenvalue weighted by Crippen LogP contribution is -2.39. The Morgan fingerprint density at radius 3 is 1.91 bits per heavy atom. The smallest absolute Gasteiger partial charge is 0.326 e. The molecule has 0 saturated carbocycles. The number of nitrogens with zero attached hydrogens (tertiary/aromatic N) is 2. The van der Waals surface area contributed by atoms with Gasteiger partial charge >= 0.3 is 6.03 Å². The highest BCUT2D eigenvalue weighted by Gasteiger charge is 2.20. The van der Waals surface area contributed by atoms with Gasteiger partial charge in [-0.05, 0) is 81.1 Å². The third kappa shape index (κ3) is 6.21. The molecule has 0 radical (unpaired) electrons. The second-order valence-corrected chi connectivity index (χ2v) is 8.57. The first kappa shape index (κ1) is 22.1. The largest absolute Gasteiger partial charge is 0.337 e. The van der Waals surface area contributed by atoms with Crippen LogP contribution in [0.4, 0.5) is 16.2 Å². The highest BCUT2D eigenvalue weighted by molar-refractivity contribution is 5.99. The van der Waals surface area contributed by atoms with Crippen molar-refractivity contribution in [3.8, 4) is 0 Å². The molecule has 0 aromatic heterocycles. The highest BCUT2D eigenvalue weighted by atomic mass is 16.2. The molecule has 0 aliphatic carbocycles. The van der Waals surface area contributed by atoms with Crippen LogP contribution in [-0.2, 0) is 6.42 Å². The summed E-state index contributed by atoms with van der Waals surface area (Å²) in [7, 11) is 0. The number of amides is 2. The van der Waals surface area contributed by atoms with Crippen LogP contribution in [0.15, 0.2) is 91.0 Å². The van der Waals surface area contributed by atoms with Crippen LogP contribution in [0.5, 0.6) is 0 Å². The summed E-state index contributed by atoms with van der Waals surface area (Å²) in [5, 5.41) is 3.12. The predicted octanol–water partition coefficient (Wildman–Crippen LogP) is 5.88. The van der Waals surface area contributed by atoms with Crippen molar-refractivity contribution in [3.05, 3.63) is 96.6 Å². The molecule has 1 saturated heterocycles. The Bertz CT molecular complexity index is 899. The van der Waals surface area contributed by atoms with E-state index in [1.54, 1.807) is 4.90 Å². The number of likely N-dealkylation sites (tertiary alicyclic amines) is 1. The fraction of sp³-hybridized carbons (Fsp3) is 0.321. The summed E-state index contributed by atoms with van der Waals surface area (Å²) in [5.74, 6) is 0.790. The number of carbonyl (C=O) groups is 1. The van der Waals surface area contributed by atoms with Crippen molar-refractivity contribution in [2.75, 3.05) is 31.1 Å². The Hall–Kier alpha value is -3.11. The molecule has 4 rings (SSSR count). The standard InChI is InChI=1S/C28H33N3O/c32-28(31(26-13-6-2-7-14-26)27-15-8-3-9-16-27)29-19-10-20-30-21-17-25(18-22-30)23-24-11-4-1-5-12-24/h1-9,11-16,25H,10,17-23H2,(H,29,32). The number of rotatable bonds is 8. The molecule has 0 spiro atoms. The molecular formula is C28H33N3O. The number of para-hydroxylation sites is 2. The Kier molecular flexibility index (Phi) is 7.94. The van der Waals surface area contributed by atoms with Gasteiger partial charge in [0.25, 0.3) is 0 Å². The predicted molar refractivity (Wildman–Crippen MR) is 132 cm³/mol. The number of hydrogen-bond acceptors (Lipinski definition) is 2. The molecule has 32 heavy (non-hydrogen) atoms. The summed E-state index contributed by atoms with van der Waals surface area (Å²) in [4.78, 5) is 17.3. The van der Waals surface area contributed by atoms with E-state index in [0.29, 0.717) is 6.54 Å². The van der Waals surface area contributed by atoms with E-state index in [1.807, 2.05) is 60.7 Å². The van der Waals surface area contributed by atoms with Gasteiger partial charge in [-0.15, -0.1) is 0 Å². The fourth-order valence-corrected chi connectivity index (χ4v) is 4.48. The van der Waals surface area contributed by atoms with Crippen LogP contribution >= 0.6 is 0 Å². The molecule has 2 amide bonds. The average Bonchev–Trinajstić information content (AvgIpc) is 2.85. The van der Waals surface area contributed by atoms with Crippen LogP contribution in [-0.4, -0.2) is 37.1 Å². The number of piperidine rings is 1. The van der Waals surface area contributed by atoms with Crippen LogP contribution in [0.2, 0.25) is 0 Å². The van der Waals surface area contributed by atoms with Crippen molar-refractivity contribution in [2.45, 2.75) is 25.7 Å². The molecule has 4 nitrogen and oxygen atoms in total. The first-order valence-electron chi connectivity index (χ1n) is 11.7. The number of carbonyl (C=O) groups excluding carboxylic acids is 1. The van der Waals surface area contributed by atoms with Crippen molar-refractivity contribution in [3.63, 3.8) is 0 Å². The topological polar surface area (TPSA) is 35.6 Å². The van der Waals surface area contributed by atoms with Crippen molar-refractivity contribution < 1.29 is 4.79 Å². The maximum absolute atomic E-state index is 13.0. The Morgan fingerprint density at radius 2 is 1.34 bits per heavy atom. The van der Waals surface area contributed by atoms with E-state index in [-0.39, 0.29) is 6.03 Å². The molecule has 166 valence electrons. The van der Waals surface area contributed by atoms with Crippen LogP contribution in [0.1, 0.15) is 24.8 Å². The van der Waals surface area contributed by atoms with E-state index >= 15 is 0 Å². The normalized spacial score (nSPS) is 14.8. The lowest BCUT2D eigenvalue weighted by atomic mass is 9.90. The van der Waals surface area contributed by atoms with Gasteiger partial charge in [0.2, 0.25) is 0 Å². The summed E-state index contributed by atoms with van der Waals surface area (Å²) in [6, 6.07) is 30.4. The third-order valence-electron chi connectivity index (χ3n) is 6.23. The second-order valence-electron chi connectivity index (χ2n) is 8.57. The molecule has 0 bridgehead atoms. The van der Waals surface area contributed by atoms with E-state index in [0.717, 1.165) is 43.3 Å². The van der Waals surface area contributed by atoms with E-state index < -0.39 is 0 Å². The molecule has 1 aliphatic rings. The minimum atomic E-state index is -0.0797. The first-order chi connectivity index (χ1) is 15.8. The first-order valence-corrected chi connectivity index (χ1v) is 11.7. The summed E-state index contributed by atoms with van der Waals surface area (Å²) < 4.78 is 0. The molecule has 3 aromatic carbocycles. The van der Waals surface area contributed by atoms with Gasteiger partial charge in [0.1, 0.15) is 0 Å². The number of anilines is 2. The van der Waals surface area contributed by atoms with E-state index in [2.05, 4.69) is 40.5 Å². The van der Waals surface area contributed by atoms with Crippen molar-refractivity contribution in [1.29, 1.82) is 0 Å². The Morgan fingerprint density at radius 1 is 0.812 bits per heavy atom. The summed E-state index contributed by atoms with van der Waals surface area (Å²) >= 11 is 0. The van der Waals surface area contributed by atoms with Gasteiger partial charge in [-0.2, -0.15) is 0 Å². The van der Waals surface area contributed by atoms with Gasteiger partial charge in [-0.1, -0.05) is 66.7 Å². The van der Waals surface area contributed by atoms with Crippen molar-refractivity contribution in [2.24, 2.45) is 5.92 Å². The van der Waals surface area contributed by atoms with Crippen molar-refractivity contribution >= 4 is 17.4 Å². The molecule has 1 fully saturated rings. The molecular weight excluding hydrogens is 394 g/mol. The Balaban J connectivity index is 1.21. The quantitative estimate of drug-likeness (QED) is 0.456. The minimum Gasteiger partial charge on any atom is -0.337 e. The molecule has 1 N–H and O–H groups in total. The number of benzene rings is 3. The van der Waals surface area contributed by atoms with Crippen LogP contribution in [0, 0.1) is 5.92 Å². The monoisotopic (exact) mass is 427 g/mol. The zero-order valence-corrected chi connectivity index (χ0v) is 18.7. The lowest BCUT2D eigenvalue weighted by molar-refractivity contribution is 0.182. The van der Waals surface area contributed by atoms with Gasteiger partial charge < -0.3 is 10.2 Å². The highest BCUT2D eigenvalue weighted by Crippen LogP contribution is 2.25. The maximum Gasteiger partial charge on any atom is 0.326 e. The van der Waals surface area contributed by atoms with Gasteiger partial charge in [0.15, 0.2) is 0 Å². The zero-order chi connectivity index (χ0) is 22.0. The number of hydrogen-bond donors (Lipinski definition) is 1. The van der Waals surface area contributed by atoms with Crippen molar-refractivity contribution in [1.82, 2.24) is 10.2 Å². The summed E-state index contributed by atoms with van der Waals surface area (Å²) in [6.07, 6.45) is 4.68. The summed E-state index contributed by atoms with van der Waals surface area (Å²) in [6.45, 7) is 4.03. The van der Waals surface area contributed by atoms with E-state index in [4.69, 9.17) is 0 Å². The van der Waals surface area contributed by atoms with E-state index in [1.165, 1.54) is 24.8 Å². The van der Waals surface area contributed by atoms with Gasteiger partial charge in [0, 0.05) is 6.54 Å². The van der Waals surface area contributed by atoms with Gasteiger partial charge in [-0.3, -0.25) is 4.90 Å². The van der Waals surface area contributed by atoms with Crippen LogP contribution in [0.25, 0.3) is 0 Å². The molecule has 0 atom stereocenters. The third-order valence-corrected chi connectivity index (χ3v) is 6.23. The van der Waals surface area contributed by atoms with Crippen LogP contribution < -0.4 is 10.2 Å². The maximum atomic E-state index is 13.0. The molecule has 4 heteroatoms. The summed E-state index contributed by atoms with van der Waals surface area (Å²) in [5.41, 5.74) is 3.20. The molecule has 3 aromatic rings. The van der Waals surface area contributed by atoms with Gasteiger partial charge in [0.05, 0.1) is 11.4 Å². The number of nitrogens with one attached hydrogen (secondary N) is 1. The molecule has 0 unspecified atom stereocenters. The molecule has 1 aliphatic heterocycles. The number of urea groups is 1. The second kappa shape index (κ2) is 11.5. The fourth-order valence-electron chi connectivity index (χ4n) is 4.48. The SMILES string of the molecule is O=C(NCCCN1CCC(Cc2ccccc2)CC1)N(c1ccccc1)c1ccccc1. The lowest BCUT2D eigenvalue weighted by Gasteiger charge is -2.32. The minimum absolute atomic E-state index is 0.0797. The molecule has 1 heterocycles. The van der Waals surface area contributed by atoms with Gasteiger partial charge in [-0.25, -0.2) is 4.79 Å². The van der Waals surface area contributed by atoms with Crippen LogP contribution in [0.3, 0.4) is 0 Å². The Labute approximate surface area is 191 Å². The zero-order valence-electron chi connectivity index (χ0n) is 18.7.